The fraction of sp³-hybridized carbons (Fsp3) is 0.125. The second kappa shape index (κ2) is 2.71. The van der Waals surface area contributed by atoms with Crippen LogP contribution in [0.1, 0.15) is 5.56 Å². The van der Waals surface area contributed by atoms with Crippen molar-refractivity contribution < 1.29 is 9.41 Å². The second-order valence-electron chi connectivity index (χ2n) is 2.75. The van der Waals surface area contributed by atoms with Gasteiger partial charge in [0.05, 0.1) is 0 Å². The summed E-state index contributed by atoms with van der Waals surface area (Å²) in [6, 6.07) is 4.70. The zero-order valence-electron chi connectivity index (χ0n) is 6.37. The molecule has 0 atom stereocenters. The van der Waals surface area contributed by atoms with Crippen LogP contribution in [0.25, 0.3) is 0 Å². The van der Waals surface area contributed by atoms with E-state index in [4.69, 9.17) is 0 Å². The summed E-state index contributed by atoms with van der Waals surface area (Å²) >= 11 is 0. The van der Waals surface area contributed by atoms with Crippen molar-refractivity contribution in [2.45, 2.75) is 0 Å². The minimum Gasteiger partial charge on any atom is -0.445 e. The Hall–Kier alpha value is -1.16. The minimum absolute atomic E-state index is 0.258. The Morgan fingerprint density at radius 1 is 1.50 bits per heavy atom. The molecule has 1 N–H and O–H groups in total. The van der Waals surface area contributed by atoms with Gasteiger partial charge in [-0.25, -0.2) is 4.39 Å². The molecule has 60 valence electrons. The van der Waals surface area contributed by atoms with Gasteiger partial charge < -0.3 is 5.02 Å². The first-order valence-electron chi connectivity index (χ1n) is 3.75. The summed E-state index contributed by atoms with van der Waals surface area (Å²) in [5.41, 5.74) is 1.04. The Kier molecular flexibility index (Phi) is 1.69. The molecule has 0 spiro atoms. The van der Waals surface area contributed by atoms with Gasteiger partial charge in [-0.05, 0) is 17.1 Å². The van der Waals surface area contributed by atoms with Crippen LogP contribution in [0.15, 0.2) is 23.2 Å². The van der Waals surface area contributed by atoms with Gasteiger partial charge in [0.1, 0.15) is 5.82 Å². The van der Waals surface area contributed by atoms with E-state index in [9.17, 15) is 9.41 Å². The van der Waals surface area contributed by atoms with Crippen molar-refractivity contribution >= 4 is 18.6 Å². The third kappa shape index (κ3) is 1.04. The van der Waals surface area contributed by atoms with Gasteiger partial charge in [-0.3, -0.25) is 4.99 Å². The normalized spacial score (nSPS) is 14.7. The lowest BCUT2D eigenvalue weighted by Crippen LogP contribution is -2.41. The number of fused-ring (bicyclic) bond motifs is 1. The maximum atomic E-state index is 13.1. The Balaban J connectivity index is 2.62. The SMILES string of the molecule is OB1CN=Cc2cccc(F)c21. The lowest BCUT2D eigenvalue weighted by Gasteiger charge is -2.12. The smallest absolute Gasteiger partial charge is 0.349 e. The highest BCUT2D eigenvalue weighted by atomic mass is 19.1. The summed E-state index contributed by atoms with van der Waals surface area (Å²) in [7, 11) is 0. The van der Waals surface area contributed by atoms with E-state index in [1.807, 2.05) is 0 Å². The highest BCUT2D eigenvalue weighted by molar-refractivity contribution is 6.68. The molecule has 12 heavy (non-hydrogen) atoms. The third-order valence-electron chi connectivity index (χ3n) is 1.93. The zero-order valence-corrected chi connectivity index (χ0v) is 6.37. The molecule has 0 radical (unpaired) electrons. The summed E-state index contributed by atoms with van der Waals surface area (Å²) in [6.45, 7) is -0.786. The van der Waals surface area contributed by atoms with Crippen molar-refractivity contribution in [3.05, 3.63) is 29.6 Å². The molecule has 0 saturated heterocycles. The standard InChI is InChI=1S/C8H7BFNO/c10-7-3-1-2-6-4-11-5-9(12)8(6)7/h1-4,12H,5H2. The summed E-state index contributed by atoms with van der Waals surface area (Å²) in [4.78, 5) is 3.90. The van der Waals surface area contributed by atoms with Crippen molar-refractivity contribution in [1.82, 2.24) is 0 Å². The number of hydrogen-bond acceptors (Lipinski definition) is 2. The molecule has 0 fully saturated rings. The number of aliphatic imine (C=N–C) groups is 1. The topological polar surface area (TPSA) is 32.6 Å². The number of nitrogens with zero attached hydrogens (tertiary/aromatic N) is 1. The van der Waals surface area contributed by atoms with Gasteiger partial charge in [0, 0.05) is 12.7 Å². The van der Waals surface area contributed by atoms with E-state index in [-0.39, 0.29) is 12.3 Å². The Bertz CT molecular complexity index is 340. The van der Waals surface area contributed by atoms with Gasteiger partial charge in [-0.2, -0.15) is 0 Å². The van der Waals surface area contributed by atoms with Crippen LogP contribution in [-0.4, -0.2) is 24.6 Å². The predicted molar refractivity (Wildman–Crippen MR) is 46.5 cm³/mol. The van der Waals surface area contributed by atoms with Gasteiger partial charge in [0.15, 0.2) is 0 Å². The molecule has 0 unspecified atom stereocenters. The van der Waals surface area contributed by atoms with Gasteiger partial charge in [-0.1, -0.05) is 12.1 Å². The quantitative estimate of drug-likeness (QED) is 0.536. The Labute approximate surface area is 69.9 Å². The van der Waals surface area contributed by atoms with Crippen LogP contribution >= 0.6 is 0 Å². The number of hydrogen-bond donors (Lipinski definition) is 1. The van der Waals surface area contributed by atoms with Gasteiger partial charge in [0.2, 0.25) is 0 Å². The molecule has 0 saturated carbocycles. The fourth-order valence-corrected chi connectivity index (χ4v) is 1.36. The van der Waals surface area contributed by atoms with E-state index >= 15 is 0 Å². The van der Waals surface area contributed by atoms with Gasteiger partial charge in [-0.15, -0.1) is 0 Å². The van der Waals surface area contributed by atoms with E-state index in [1.54, 1.807) is 18.3 Å². The molecule has 1 aliphatic heterocycles. The maximum Gasteiger partial charge on any atom is 0.349 e. The number of benzene rings is 1. The lowest BCUT2D eigenvalue weighted by molar-refractivity contribution is 0.576. The van der Waals surface area contributed by atoms with Crippen LogP contribution in [-0.2, 0) is 0 Å². The van der Waals surface area contributed by atoms with Crippen LogP contribution in [0.4, 0.5) is 4.39 Å². The van der Waals surface area contributed by atoms with E-state index in [2.05, 4.69) is 4.99 Å². The lowest BCUT2D eigenvalue weighted by atomic mass is 9.59. The molecule has 1 heterocycles. The molecule has 2 rings (SSSR count). The molecule has 0 bridgehead atoms. The van der Waals surface area contributed by atoms with Crippen molar-refractivity contribution in [3.8, 4) is 0 Å². The average Bonchev–Trinajstić information content (AvgIpc) is 2.04. The molecule has 0 amide bonds. The first-order valence-corrected chi connectivity index (χ1v) is 3.75. The van der Waals surface area contributed by atoms with Gasteiger partial charge >= 0.3 is 6.92 Å². The Morgan fingerprint density at radius 2 is 2.33 bits per heavy atom. The largest absolute Gasteiger partial charge is 0.445 e. The van der Waals surface area contributed by atoms with Crippen LogP contribution in [0.3, 0.4) is 0 Å². The highest BCUT2D eigenvalue weighted by Crippen LogP contribution is 2.03. The summed E-state index contributed by atoms with van der Waals surface area (Å²) < 4.78 is 13.1. The molecule has 0 aromatic heterocycles. The van der Waals surface area contributed by atoms with E-state index < -0.39 is 6.92 Å². The minimum atomic E-state index is -0.786. The summed E-state index contributed by atoms with van der Waals surface area (Å²) in [5.74, 6) is -0.355. The molecular weight excluding hydrogens is 156 g/mol. The van der Waals surface area contributed by atoms with Crippen LogP contribution in [0, 0.1) is 5.82 Å². The van der Waals surface area contributed by atoms with Crippen molar-refractivity contribution in [2.24, 2.45) is 4.99 Å². The predicted octanol–water partition coefficient (Wildman–Crippen LogP) is -0.0118. The van der Waals surface area contributed by atoms with Crippen LogP contribution < -0.4 is 5.46 Å². The maximum absolute atomic E-state index is 13.1. The van der Waals surface area contributed by atoms with Crippen molar-refractivity contribution in [1.29, 1.82) is 0 Å². The molecule has 2 nitrogen and oxygen atoms in total. The first-order chi connectivity index (χ1) is 5.79. The fourth-order valence-electron chi connectivity index (χ4n) is 1.36. The number of rotatable bonds is 0. The monoisotopic (exact) mass is 163 g/mol. The van der Waals surface area contributed by atoms with E-state index in [0.29, 0.717) is 11.0 Å². The summed E-state index contributed by atoms with van der Waals surface area (Å²) in [6.07, 6.45) is 1.85. The van der Waals surface area contributed by atoms with Crippen molar-refractivity contribution in [3.63, 3.8) is 0 Å². The Morgan fingerprint density at radius 3 is 3.08 bits per heavy atom. The van der Waals surface area contributed by atoms with Gasteiger partial charge in [0.25, 0.3) is 0 Å². The molecule has 1 aromatic rings. The average molecular weight is 163 g/mol. The second-order valence-corrected chi connectivity index (χ2v) is 2.75. The van der Waals surface area contributed by atoms with Crippen molar-refractivity contribution in [2.75, 3.05) is 6.44 Å². The van der Waals surface area contributed by atoms with Crippen LogP contribution in [0.5, 0.6) is 0 Å². The first kappa shape index (κ1) is 7.49. The molecule has 1 aromatic carbocycles. The highest BCUT2D eigenvalue weighted by Gasteiger charge is 2.23. The zero-order chi connectivity index (χ0) is 8.55. The molecular formula is C8H7BFNO. The molecule has 4 heteroatoms. The van der Waals surface area contributed by atoms with Crippen LogP contribution in [0.2, 0.25) is 0 Å². The van der Waals surface area contributed by atoms with E-state index in [0.717, 1.165) is 0 Å². The number of halogens is 1. The molecule has 1 aliphatic rings. The molecule has 0 aliphatic carbocycles. The third-order valence-corrected chi connectivity index (χ3v) is 1.93. The summed E-state index contributed by atoms with van der Waals surface area (Å²) in [5, 5.41) is 9.39. The van der Waals surface area contributed by atoms with E-state index in [1.165, 1.54) is 6.07 Å².